The van der Waals surface area contributed by atoms with Gasteiger partial charge in [-0.15, -0.1) is 0 Å². The molecule has 1 N–H and O–H groups in total. The third kappa shape index (κ3) is 4.32. The van der Waals surface area contributed by atoms with E-state index >= 15 is 0 Å². The van der Waals surface area contributed by atoms with Crippen LogP contribution in [0, 0.1) is 0 Å². The van der Waals surface area contributed by atoms with Gasteiger partial charge in [-0.25, -0.2) is 4.68 Å². The summed E-state index contributed by atoms with van der Waals surface area (Å²) in [6, 6.07) is 16.5. The van der Waals surface area contributed by atoms with Crippen molar-refractivity contribution in [1.82, 2.24) is 15.1 Å². The van der Waals surface area contributed by atoms with Crippen molar-refractivity contribution in [3.63, 3.8) is 0 Å². The van der Waals surface area contributed by atoms with Crippen LogP contribution in [-0.2, 0) is 11.3 Å². The van der Waals surface area contributed by atoms with Crippen LogP contribution in [0.4, 0.5) is 0 Å². The highest BCUT2D eigenvalue weighted by Crippen LogP contribution is 2.15. The maximum Gasteiger partial charge on any atom is 0.258 e. The quantitative estimate of drug-likeness (QED) is 0.673. The fourth-order valence-corrected chi connectivity index (χ4v) is 2.28. The molecule has 0 fully saturated rings. The number of amides is 1. The van der Waals surface area contributed by atoms with E-state index in [1.807, 2.05) is 36.5 Å². The highest BCUT2D eigenvalue weighted by Gasteiger charge is 2.07. The lowest BCUT2D eigenvalue weighted by Gasteiger charge is -2.08. The van der Waals surface area contributed by atoms with E-state index in [0.717, 1.165) is 11.3 Å². The molecule has 0 saturated carbocycles. The third-order valence-electron chi connectivity index (χ3n) is 3.55. The Morgan fingerprint density at radius 3 is 2.68 bits per heavy atom. The van der Waals surface area contributed by atoms with Crippen molar-refractivity contribution in [1.29, 1.82) is 0 Å². The summed E-state index contributed by atoms with van der Waals surface area (Å²) in [5.41, 5.74) is 2.25. The van der Waals surface area contributed by atoms with Crippen molar-refractivity contribution in [2.45, 2.75) is 6.54 Å². The van der Waals surface area contributed by atoms with E-state index in [9.17, 15) is 9.59 Å². The van der Waals surface area contributed by atoms with E-state index in [4.69, 9.17) is 4.74 Å². The van der Waals surface area contributed by atoms with E-state index in [-0.39, 0.29) is 12.5 Å². The summed E-state index contributed by atoms with van der Waals surface area (Å²) >= 11 is 0. The molecule has 25 heavy (non-hydrogen) atoms. The Morgan fingerprint density at radius 2 is 1.88 bits per heavy atom. The van der Waals surface area contributed by atoms with Crippen LogP contribution >= 0.6 is 0 Å². The number of rotatable bonds is 7. The predicted molar refractivity (Wildman–Crippen MR) is 92.7 cm³/mol. The second-order valence-electron chi connectivity index (χ2n) is 5.35. The van der Waals surface area contributed by atoms with Crippen LogP contribution in [0.15, 0.2) is 67.0 Å². The van der Waals surface area contributed by atoms with Crippen LogP contribution in [0.5, 0.6) is 5.75 Å². The molecule has 3 aromatic rings. The lowest BCUT2D eigenvalue weighted by molar-refractivity contribution is -0.123. The normalized spacial score (nSPS) is 10.2. The highest BCUT2D eigenvalue weighted by atomic mass is 16.5. The fourth-order valence-electron chi connectivity index (χ4n) is 2.28. The van der Waals surface area contributed by atoms with Crippen LogP contribution in [0.3, 0.4) is 0 Å². The molecule has 0 bridgehead atoms. The van der Waals surface area contributed by atoms with Crippen LogP contribution in [-0.4, -0.2) is 28.6 Å². The summed E-state index contributed by atoms with van der Waals surface area (Å²) in [6.45, 7) is 0.196. The molecule has 0 saturated heterocycles. The first kappa shape index (κ1) is 16.4. The minimum absolute atomic E-state index is 0.155. The maximum atomic E-state index is 11.9. The summed E-state index contributed by atoms with van der Waals surface area (Å²) in [5, 5.41) is 7.04. The first-order chi connectivity index (χ1) is 12.3. The molecule has 0 aliphatic rings. The van der Waals surface area contributed by atoms with Gasteiger partial charge in [-0.2, -0.15) is 5.10 Å². The highest BCUT2D eigenvalue weighted by molar-refractivity contribution is 5.80. The molecule has 126 valence electrons. The van der Waals surface area contributed by atoms with E-state index in [2.05, 4.69) is 10.4 Å². The van der Waals surface area contributed by atoms with Crippen molar-refractivity contribution in [3.8, 4) is 11.4 Å². The van der Waals surface area contributed by atoms with E-state index in [1.165, 1.54) is 0 Å². The molecule has 2 aromatic carbocycles. The van der Waals surface area contributed by atoms with Gasteiger partial charge in [-0.3, -0.25) is 9.59 Å². The number of carbonyl (C=O) groups is 2. The zero-order valence-electron chi connectivity index (χ0n) is 13.5. The number of hydrogen-bond donors (Lipinski definition) is 1. The van der Waals surface area contributed by atoms with Gasteiger partial charge in [0, 0.05) is 18.3 Å². The number of carbonyl (C=O) groups excluding carboxylic acids is 2. The van der Waals surface area contributed by atoms with Crippen molar-refractivity contribution in [2.24, 2.45) is 0 Å². The lowest BCUT2D eigenvalue weighted by atomic mass is 10.2. The van der Waals surface area contributed by atoms with Crippen molar-refractivity contribution >= 4 is 12.2 Å². The molecule has 3 rings (SSSR count). The Kier molecular flexibility index (Phi) is 5.21. The van der Waals surface area contributed by atoms with Gasteiger partial charge in [0.1, 0.15) is 5.75 Å². The molecule has 0 unspecified atom stereocenters. The van der Waals surface area contributed by atoms with Crippen molar-refractivity contribution in [2.75, 3.05) is 6.61 Å². The Hall–Kier alpha value is -3.41. The number of nitrogens with zero attached hydrogens (tertiary/aromatic N) is 2. The van der Waals surface area contributed by atoms with Crippen LogP contribution in [0.25, 0.3) is 5.69 Å². The topological polar surface area (TPSA) is 73.2 Å². The molecular formula is C19H17N3O3. The fraction of sp³-hybridized carbons (Fsp3) is 0.105. The Morgan fingerprint density at radius 1 is 1.12 bits per heavy atom. The standard InChI is InChI=1S/C19H17N3O3/c23-13-16-6-4-5-9-18(16)25-14-19(24)20-10-15-11-21-22(12-15)17-7-2-1-3-8-17/h1-9,11-13H,10,14H2,(H,20,24). The van der Waals surface area contributed by atoms with E-state index < -0.39 is 0 Å². The molecule has 0 spiro atoms. The van der Waals surface area contributed by atoms with Gasteiger partial charge in [0.05, 0.1) is 17.4 Å². The minimum atomic E-state index is -0.270. The number of ether oxygens (including phenoxy) is 1. The minimum Gasteiger partial charge on any atom is -0.483 e. The van der Waals surface area contributed by atoms with Gasteiger partial charge in [0.25, 0.3) is 5.91 Å². The zero-order chi connectivity index (χ0) is 17.5. The molecule has 1 amide bonds. The lowest BCUT2D eigenvalue weighted by Crippen LogP contribution is -2.28. The molecule has 0 aliphatic carbocycles. The summed E-state index contributed by atoms with van der Waals surface area (Å²) in [6.07, 6.45) is 4.26. The Balaban J connectivity index is 1.51. The van der Waals surface area contributed by atoms with Gasteiger partial charge >= 0.3 is 0 Å². The van der Waals surface area contributed by atoms with E-state index in [0.29, 0.717) is 24.1 Å². The van der Waals surface area contributed by atoms with Crippen LogP contribution in [0.2, 0.25) is 0 Å². The molecule has 0 atom stereocenters. The van der Waals surface area contributed by atoms with Crippen molar-refractivity contribution in [3.05, 3.63) is 78.1 Å². The molecule has 6 heteroatoms. The monoisotopic (exact) mass is 335 g/mol. The summed E-state index contributed by atoms with van der Waals surface area (Å²) in [7, 11) is 0. The van der Waals surface area contributed by atoms with Gasteiger partial charge in [0.2, 0.25) is 0 Å². The SMILES string of the molecule is O=Cc1ccccc1OCC(=O)NCc1cnn(-c2ccccc2)c1. The number of aldehydes is 1. The van der Waals surface area contributed by atoms with Gasteiger partial charge < -0.3 is 10.1 Å². The number of benzene rings is 2. The van der Waals surface area contributed by atoms with Crippen LogP contribution < -0.4 is 10.1 Å². The smallest absolute Gasteiger partial charge is 0.258 e. The Bertz CT molecular complexity index is 859. The third-order valence-corrected chi connectivity index (χ3v) is 3.55. The molecule has 0 aliphatic heterocycles. The molecule has 1 heterocycles. The number of para-hydroxylation sites is 2. The average molecular weight is 335 g/mol. The van der Waals surface area contributed by atoms with E-state index in [1.54, 1.807) is 35.1 Å². The Labute approximate surface area is 145 Å². The summed E-state index contributed by atoms with van der Waals surface area (Å²) in [5.74, 6) is 0.123. The second-order valence-corrected chi connectivity index (χ2v) is 5.35. The van der Waals surface area contributed by atoms with Gasteiger partial charge in [0.15, 0.2) is 12.9 Å². The van der Waals surface area contributed by atoms with Gasteiger partial charge in [-0.05, 0) is 24.3 Å². The number of nitrogens with one attached hydrogen (secondary N) is 1. The summed E-state index contributed by atoms with van der Waals surface area (Å²) < 4.78 is 7.14. The van der Waals surface area contributed by atoms with Gasteiger partial charge in [-0.1, -0.05) is 30.3 Å². The number of hydrogen-bond acceptors (Lipinski definition) is 4. The number of aromatic nitrogens is 2. The first-order valence-electron chi connectivity index (χ1n) is 7.79. The van der Waals surface area contributed by atoms with Crippen LogP contribution in [0.1, 0.15) is 15.9 Å². The summed E-state index contributed by atoms with van der Waals surface area (Å²) in [4.78, 5) is 22.8. The molecule has 1 aromatic heterocycles. The first-order valence-corrected chi connectivity index (χ1v) is 7.79. The average Bonchev–Trinajstić information content (AvgIpc) is 3.14. The molecular weight excluding hydrogens is 318 g/mol. The van der Waals surface area contributed by atoms with Crippen molar-refractivity contribution < 1.29 is 14.3 Å². The molecule has 6 nitrogen and oxygen atoms in total. The molecule has 0 radical (unpaired) electrons. The zero-order valence-corrected chi connectivity index (χ0v) is 13.5. The largest absolute Gasteiger partial charge is 0.483 e. The second kappa shape index (κ2) is 7.92. The predicted octanol–water partition coefficient (Wildman–Crippen LogP) is 2.38. The maximum absolute atomic E-state index is 11.9.